The molecule has 166 valence electrons. The van der Waals surface area contributed by atoms with E-state index in [9.17, 15) is 18.0 Å². The highest BCUT2D eigenvalue weighted by molar-refractivity contribution is 7.91. The predicted octanol–water partition coefficient (Wildman–Crippen LogP) is 3.19. The summed E-state index contributed by atoms with van der Waals surface area (Å²) in [5, 5.41) is 2.98. The van der Waals surface area contributed by atoms with E-state index in [-0.39, 0.29) is 35.0 Å². The van der Waals surface area contributed by atoms with Crippen LogP contribution >= 0.6 is 0 Å². The molecule has 0 bridgehead atoms. The molecule has 3 rings (SSSR count). The summed E-state index contributed by atoms with van der Waals surface area (Å²) in [6.45, 7) is 5.65. The number of rotatable bonds is 7. The quantitative estimate of drug-likeness (QED) is 0.708. The van der Waals surface area contributed by atoms with Gasteiger partial charge in [0.1, 0.15) is 5.75 Å². The Hall–Kier alpha value is -2.87. The molecule has 2 aromatic rings. The van der Waals surface area contributed by atoms with Crippen molar-refractivity contribution in [2.24, 2.45) is 0 Å². The Kier molecular flexibility index (Phi) is 7.00. The molecule has 1 N–H and O–H groups in total. The molecule has 2 amide bonds. The molecule has 1 heterocycles. The molecule has 0 aromatic heterocycles. The van der Waals surface area contributed by atoms with Crippen molar-refractivity contribution in [3.05, 3.63) is 54.1 Å². The smallest absolute Gasteiger partial charge is 0.263 e. The Morgan fingerprint density at radius 1 is 1.06 bits per heavy atom. The van der Waals surface area contributed by atoms with Crippen LogP contribution in [0, 0.1) is 0 Å². The van der Waals surface area contributed by atoms with Gasteiger partial charge in [0.2, 0.25) is 0 Å². The number of carbonyl (C=O) groups excluding carboxylic acids is 2. The molecule has 31 heavy (non-hydrogen) atoms. The number of hydrogen-bond acceptors (Lipinski definition) is 5. The summed E-state index contributed by atoms with van der Waals surface area (Å²) >= 11 is 0. The maximum atomic E-state index is 13.3. The summed E-state index contributed by atoms with van der Waals surface area (Å²) in [5.41, 5.74) is 0.912. The Labute approximate surface area is 183 Å². The van der Waals surface area contributed by atoms with Gasteiger partial charge >= 0.3 is 0 Å². The molecule has 8 heteroatoms. The number of sulfone groups is 1. The summed E-state index contributed by atoms with van der Waals surface area (Å²) in [4.78, 5) is 27.8. The number of carbonyl (C=O) groups is 2. The largest absolute Gasteiger partial charge is 0.477 e. The van der Waals surface area contributed by atoms with Crippen molar-refractivity contribution < 1.29 is 22.7 Å². The zero-order valence-corrected chi connectivity index (χ0v) is 18.8. The lowest BCUT2D eigenvalue weighted by atomic mass is 10.1. The van der Waals surface area contributed by atoms with Crippen molar-refractivity contribution in [3.63, 3.8) is 0 Å². The van der Waals surface area contributed by atoms with E-state index in [4.69, 9.17) is 4.74 Å². The molecule has 1 atom stereocenters. The van der Waals surface area contributed by atoms with E-state index in [2.05, 4.69) is 5.32 Å². The van der Waals surface area contributed by atoms with Crippen LogP contribution in [0.3, 0.4) is 0 Å². The first-order chi connectivity index (χ1) is 14.8. The maximum Gasteiger partial charge on any atom is 0.263 e. The van der Waals surface area contributed by atoms with Gasteiger partial charge in [0.05, 0.1) is 22.9 Å². The number of benzene rings is 2. The average molecular weight is 445 g/mol. The van der Waals surface area contributed by atoms with Gasteiger partial charge in [0, 0.05) is 11.6 Å². The third kappa shape index (κ3) is 4.90. The van der Waals surface area contributed by atoms with Crippen LogP contribution in [0.15, 0.2) is 53.4 Å². The summed E-state index contributed by atoms with van der Waals surface area (Å²) in [5.74, 6) is -0.136. The van der Waals surface area contributed by atoms with E-state index in [1.165, 1.54) is 29.2 Å². The van der Waals surface area contributed by atoms with Crippen molar-refractivity contribution in [3.8, 4) is 5.75 Å². The standard InChI is InChI=1S/C23H28N2O5S/c1-4-17(5-2)24-22(26)21-15-25(19-9-7-8-10-20(19)30-21)23(27)16-11-13-18(14-12-16)31(28,29)6-3/h7-14,17,21H,4-6,15H2,1-3H3,(H,24,26). The van der Waals surface area contributed by atoms with Crippen molar-refractivity contribution in [2.75, 3.05) is 17.2 Å². The minimum absolute atomic E-state index is 0.00949. The van der Waals surface area contributed by atoms with E-state index in [0.717, 1.165) is 12.8 Å². The van der Waals surface area contributed by atoms with Crippen LogP contribution in [0.5, 0.6) is 5.75 Å². The van der Waals surface area contributed by atoms with Crippen molar-refractivity contribution in [2.45, 2.75) is 50.7 Å². The normalized spacial score (nSPS) is 15.9. The number of ether oxygens (including phenoxy) is 1. The zero-order valence-electron chi connectivity index (χ0n) is 18.0. The SMILES string of the molecule is CCC(CC)NC(=O)C1CN(C(=O)c2ccc(S(=O)(=O)CC)cc2)c2ccccc2O1. The molecule has 1 unspecified atom stereocenters. The maximum absolute atomic E-state index is 13.3. The molecule has 0 spiro atoms. The van der Waals surface area contributed by atoms with E-state index < -0.39 is 15.9 Å². The van der Waals surface area contributed by atoms with Crippen LogP contribution in [0.25, 0.3) is 0 Å². The highest BCUT2D eigenvalue weighted by Crippen LogP contribution is 2.34. The second-order valence-electron chi connectivity index (χ2n) is 7.44. The molecule has 0 saturated carbocycles. The fourth-order valence-electron chi connectivity index (χ4n) is 3.48. The summed E-state index contributed by atoms with van der Waals surface area (Å²) in [6.07, 6.45) is 0.779. The number of anilines is 1. The molecule has 7 nitrogen and oxygen atoms in total. The number of fused-ring (bicyclic) bond motifs is 1. The minimum Gasteiger partial charge on any atom is -0.477 e. The summed E-state index contributed by atoms with van der Waals surface area (Å²) < 4.78 is 30.0. The zero-order chi connectivity index (χ0) is 22.6. The van der Waals surface area contributed by atoms with Gasteiger partial charge in [-0.25, -0.2) is 8.42 Å². The Bertz CT molecular complexity index is 1050. The van der Waals surface area contributed by atoms with Crippen LogP contribution < -0.4 is 15.0 Å². The van der Waals surface area contributed by atoms with Crippen molar-refractivity contribution in [1.82, 2.24) is 5.32 Å². The molecule has 0 aliphatic carbocycles. The first-order valence-electron chi connectivity index (χ1n) is 10.5. The van der Waals surface area contributed by atoms with E-state index in [1.54, 1.807) is 31.2 Å². The van der Waals surface area contributed by atoms with Gasteiger partial charge in [-0.3, -0.25) is 9.59 Å². The van der Waals surface area contributed by atoms with E-state index in [1.807, 2.05) is 13.8 Å². The third-order valence-electron chi connectivity index (χ3n) is 5.48. The van der Waals surface area contributed by atoms with Gasteiger partial charge in [-0.15, -0.1) is 0 Å². The number of hydrogen-bond donors (Lipinski definition) is 1. The topological polar surface area (TPSA) is 92.8 Å². The molecule has 0 fully saturated rings. The second-order valence-corrected chi connectivity index (χ2v) is 9.72. The van der Waals surface area contributed by atoms with Gasteiger partial charge < -0.3 is 15.0 Å². The Morgan fingerprint density at radius 2 is 1.71 bits per heavy atom. The lowest BCUT2D eigenvalue weighted by molar-refractivity contribution is -0.128. The van der Waals surface area contributed by atoms with Gasteiger partial charge in [-0.2, -0.15) is 0 Å². The van der Waals surface area contributed by atoms with Crippen LogP contribution in [0.4, 0.5) is 5.69 Å². The van der Waals surface area contributed by atoms with Gasteiger partial charge in [-0.1, -0.05) is 32.9 Å². The highest BCUT2D eigenvalue weighted by atomic mass is 32.2. The summed E-state index contributed by atoms with van der Waals surface area (Å²) in [6, 6.07) is 13.0. The minimum atomic E-state index is -3.35. The molecule has 2 aromatic carbocycles. The fourth-order valence-corrected chi connectivity index (χ4v) is 4.36. The Balaban J connectivity index is 1.88. The second kappa shape index (κ2) is 9.51. The summed E-state index contributed by atoms with van der Waals surface area (Å²) in [7, 11) is -3.35. The first kappa shape index (κ1) is 22.8. The van der Waals surface area contributed by atoms with Crippen molar-refractivity contribution in [1.29, 1.82) is 0 Å². The van der Waals surface area contributed by atoms with Gasteiger partial charge in [0.15, 0.2) is 15.9 Å². The molecule has 0 saturated heterocycles. The highest BCUT2D eigenvalue weighted by Gasteiger charge is 2.34. The molecular weight excluding hydrogens is 416 g/mol. The van der Waals surface area contributed by atoms with Crippen LogP contribution in [-0.4, -0.2) is 44.7 Å². The average Bonchev–Trinajstić information content (AvgIpc) is 2.81. The molecular formula is C23H28N2O5S. The van der Waals surface area contributed by atoms with Crippen LogP contribution in [0.2, 0.25) is 0 Å². The molecule has 1 aliphatic rings. The monoisotopic (exact) mass is 444 g/mol. The number of nitrogens with one attached hydrogen (secondary N) is 1. The van der Waals surface area contributed by atoms with E-state index >= 15 is 0 Å². The van der Waals surface area contributed by atoms with Gasteiger partial charge in [-0.05, 0) is 49.2 Å². The van der Waals surface area contributed by atoms with Crippen LogP contribution in [0.1, 0.15) is 44.0 Å². The lowest BCUT2D eigenvalue weighted by Gasteiger charge is -2.34. The number of para-hydroxylation sites is 2. The van der Waals surface area contributed by atoms with Gasteiger partial charge in [0.25, 0.3) is 11.8 Å². The fraction of sp³-hybridized carbons (Fsp3) is 0.391. The molecule has 1 aliphatic heterocycles. The Morgan fingerprint density at radius 3 is 2.32 bits per heavy atom. The van der Waals surface area contributed by atoms with Crippen molar-refractivity contribution >= 4 is 27.3 Å². The van der Waals surface area contributed by atoms with Crippen LogP contribution in [-0.2, 0) is 14.6 Å². The predicted molar refractivity (Wildman–Crippen MR) is 119 cm³/mol. The number of nitrogens with zero attached hydrogens (tertiary/aromatic N) is 1. The first-order valence-corrected chi connectivity index (χ1v) is 12.2. The third-order valence-corrected chi connectivity index (χ3v) is 7.23. The lowest BCUT2D eigenvalue weighted by Crippen LogP contribution is -2.52. The number of amides is 2. The molecule has 0 radical (unpaired) electrons. The van der Waals surface area contributed by atoms with E-state index in [0.29, 0.717) is 17.0 Å².